The molecule has 1 saturated carbocycles. The molecule has 0 aromatic heterocycles. The van der Waals surface area contributed by atoms with Gasteiger partial charge in [0.15, 0.2) is 11.5 Å². The lowest BCUT2D eigenvalue weighted by molar-refractivity contribution is 0.0332. The van der Waals surface area contributed by atoms with Gasteiger partial charge in [0, 0.05) is 17.5 Å². The second-order valence-electron chi connectivity index (χ2n) is 5.38. The molecule has 112 valence electrons. The largest absolute Gasteiger partial charge is 0.493 e. The van der Waals surface area contributed by atoms with E-state index in [1.807, 2.05) is 0 Å². The van der Waals surface area contributed by atoms with Crippen LogP contribution in [0, 0.1) is 5.41 Å². The smallest absolute Gasteiger partial charge is 0.179 e. The summed E-state index contributed by atoms with van der Waals surface area (Å²) in [6, 6.07) is 3.56. The van der Waals surface area contributed by atoms with Crippen LogP contribution in [-0.2, 0) is 0 Å². The Morgan fingerprint density at radius 1 is 1.30 bits per heavy atom. The Morgan fingerprint density at radius 2 is 1.95 bits per heavy atom. The number of rotatable bonds is 5. The minimum Gasteiger partial charge on any atom is -0.493 e. The van der Waals surface area contributed by atoms with Crippen LogP contribution in [0.5, 0.6) is 11.5 Å². The lowest BCUT2D eigenvalue weighted by Gasteiger charge is -2.34. The van der Waals surface area contributed by atoms with Gasteiger partial charge in [-0.2, -0.15) is 0 Å². The van der Waals surface area contributed by atoms with Crippen LogP contribution in [0.15, 0.2) is 12.1 Å². The van der Waals surface area contributed by atoms with Gasteiger partial charge in [0.2, 0.25) is 0 Å². The van der Waals surface area contributed by atoms with E-state index in [0.29, 0.717) is 28.6 Å². The molecule has 0 aliphatic heterocycles. The van der Waals surface area contributed by atoms with E-state index in [2.05, 4.69) is 0 Å². The molecule has 1 aliphatic rings. The molecule has 3 N–H and O–H groups in total. The summed E-state index contributed by atoms with van der Waals surface area (Å²) in [6.07, 6.45) is 3.37. The number of halogens is 1. The maximum Gasteiger partial charge on any atom is 0.179 e. The number of ether oxygens (including phenoxy) is 2. The average Bonchev–Trinajstić information content (AvgIpc) is 2.96. The summed E-state index contributed by atoms with van der Waals surface area (Å²) < 4.78 is 10.5. The summed E-state index contributed by atoms with van der Waals surface area (Å²) in [4.78, 5) is 0. The highest BCUT2D eigenvalue weighted by Gasteiger charge is 2.41. The van der Waals surface area contributed by atoms with Gasteiger partial charge in [-0.25, -0.2) is 0 Å². The summed E-state index contributed by atoms with van der Waals surface area (Å²) in [7, 11) is 3.09. The van der Waals surface area contributed by atoms with Gasteiger partial charge < -0.3 is 20.3 Å². The maximum atomic E-state index is 10.8. The van der Waals surface area contributed by atoms with E-state index in [-0.39, 0.29) is 5.41 Å². The topological polar surface area (TPSA) is 64.7 Å². The van der Waals surface area contributed by atoms with E-state index in [1.54, 1.807) is 19.2 Å². The van der Waals surface area contributed by atoms with Crippen LogP contribution in [0.2, 0.25) is 5.02 Å². The molecule has 0 radical (unpaired) electrons. The number of aliphatic hydroxyl groups is 1. The third-order valence-electron chi connectivity index (χ3n) is 4.40. The normalized spacial score (nSPS) is 18.9. The van der Waals surface area contributed by atoms with Crippen molar-refractivity contribution in [2.45, 2.75) is 31.8 Å². The number of aliphatic hydroxyl groups excluding tert-OH is 1. The Balaban J connectivity index is 2.42. The quantitative estimate of drug-likeness (QED) is 0.877. The van der Waals surface area contributed by atoms with E-state index in [9.17, 15) is 5.11 Å². The van der Waals surface area contributed by atoms with Crippen LogP contribution in [0.25, 0.3) is 0 Å². The zero-order valence-corrected chi connectivity index (χ0v) is 12.7. The highest BCUT2D eigenvalue weighted by molar-refractivity contribution is 6.33. The molecule has 1 aromatic carbocycles. The Kier molecular flexibility index (Phi) is 4.78. The van der Waals surface area contributed by atoms with Crippen molar-refractivity contribution in [2.75, 3.05) is 20.8 Å². The third-order valence-corrected chi connectivity index (χ3v) is 4.79. The van der Waals surface area contributed by atoms with Gasteiger partial charge in [-0.15, -0.1) is 0 Å². The predicted octanol–water partition coefficient (Wildman–Crippen LogP) is 2.91. The molecule has 0 heterocycles. The molecule has 0 saturated heterocycles. The van der Waals surface area contributed by atoms with Crippen molar-refractivity contribution in [3.8, 4) is 11.5 Å². The molecule has 4 nitrogen and oxygen atoms in total. The first-order chi connectivity index (χ1) is 9.59. The van der Waals surface area contributed by atoms with Crippen molar-refractivity contribution in [1.82, 2.24) is 0 Å². The number of hydrogen-bond acceptors (Lipinski definition) is 4. The van der Waals surface area contributed by atoms with Crippen molar-refractivity contribution < 1.29 is 14.6 Å². The summed E-state index contributed by atoms with van der Waals surface area (Å²) in [5.74, 6) is 1.01. The Hall–Kier alpha value is -0.970. The SMILES string of the molecule is COc1ccc(C(O)C2(CN)CCCC2)c(Cl)c1OC. The van der Waals surface area contributed by atoms with Crippen molar-refractivity contribution in [3.05, 3.63) is 22.7 Å². The number of nitrogens with two attached hydrogens (primary N) is 1. The molecule has 0 amide bonds. The van der Waals surface area contributed by atoms with E-state index in [4.69, 9.17) is 26.8 Å². The molecule has 0 spiro atoms. The van der Waals surface area contributed by atoms with E-state index in [0.717, 1.165) is 25.7 Å². The Labute approximate surface area is 124 Å². The molecule has 20 heavy (non-hydrogen) atoms. The van der Waals surface area contributed by atoms with E-state index in [1.165, 1.54) is 7.11 Å². The van der Waals surface area contributed by atoms with Crippen molar-refractivity contribution >= 4 is 11.6 Å². The van der Waals surface area contributed by atoms with Crippen LogP contribution in [-0.4, -0.2) is 25.9 Å². The highest BCUT2D eigenvalue weighted by Crippen LogP contribution is 2.50. The van der Waals surface area contributed by atoms with Crippen LogP contribution in [0.3, 0.4) is 0 Å². The predicted molar refractivity (Wildman–Crippen MR) is 79.5 cm³/mol. The Bertz CT molecular complexity index is 472. The average molecular weight is 300 g/mol. The number of benzene rings is 1. The summed E-state index contributed by atoms with van der Waals surface area (Å²) >= 11 is 6.38. The Morgan fingerprint density at radius 3 is 2.45 bits per heavy atom. The minimum atomic E-state index is -0.678. The fourth-order valence-corrected chi connectivity index (χ4v) is 3.45. The van der Waals surface area contributed by atoms with Crippen LogP contribution >= 0.6 is 11.6 Å². The maximum absolute atomic E-state index is 10.8. The lowest BCUT2D eigenvalue weighted by atomic mass is 9.77. The van der Waals surface area contributed by atoms with Crippen molar-refractivity contribution in [3.63, 3.8) is 0 Å². The van der Waals surface area contributed by atoms with Gasteiger partial charge in [-0.1, -0.05) is 30.5 Å². The molecule has 1 aliphatic carbocycles. The fourth-order valence-electron chi connectivity index (χ4n) is 3.11. The standard InChI is InChI=1S/C15H22ClNO3/c1-19-11-6-5-10(12(16)13(11)20-2)14(18)15(9-17)7-3-4-8-15/h5-6,14,18H,3-4,7-9,17H2,1-2H3. The lowest BCUT2D eigenvalue weighted by Crippen LogP contribution is -2.34. The first kappa shape index (κ1) is 15.4. The third kappa shape index (κ3) is 2.48. The summed E-state index contributed by atoms with van der Waals surface area (Å²) in [6.45, 7) is 0.457. The second-order valence-corrected chi connectivity index (χ2v) is 5.76. The second kappa shape index (κ2) is 6.20. The van der Waals surface area contributed by atoms with Gasteiger partial charge in [0.25, 0.3) is 0 Å². The molecular weight excluding hydrogens is 278 g/mol. The number of hydrogen-bond donors (Lipinski definition) is 2. The van der Waals surface area contributed by atoms with E-state index >= 15 is 0 Å². The zero-order chi connectivity index (χ0) is 14.8. The van der Waals surface area contributed by atoms with Gasteiger partial charge in [0.05, 0.1) is 25.3 Å². The molecule has 5 heteroatoms. The molecule has 0 bridgehead atoms. The van der Waals surface area contributed by atoms with Gasteiger partial charge in [-0.05, 0) is 18.9 Å². The number of methoxy groups -OCH3 is 2. The summed E-state index contributed by atoms with van der Waals surface area (Å²) in [5.41, 5.74) is 6.31. The van der Waals surface area contributed by atoms with Crippen molar-refractivity contribution in [1.29, 1.82) is 0 Å². The molecular formula is C15H22ClNO3. The molecule has 1 aromatic rings. The van der Waals surface area contributed by atoms with E-state index < -0.39 is 6.10 Å². The molecule has 1 fully saturated rings. The monoisotopic (exact) mass is 299 g/mol. The summed E-state index contributed by atoms with van der Waals surface area (Å²) in [5, 5.41) is 11.2. The highest BCUT2D eigenvalue weighted by atomic mass is 35.5. The fraction of sp³-hybridized carbons (Fsp3) is 0.600. The van der Waals surface area contributed by atoms with Crippen molar-refractivity contribution in [2.24, 2.45) is 11.1 Å². The van der Waals surface area contributed by atoms with Crippen LogP contribution < -0.4 is 15.2 Å². The van der Waals surface area contributed by atoms with Gasteiger partial charge in [-0.3, -0.25) is 0 Å². The molecule has 2 rings (SSSR count). The van der Waals surface area contributed by atoms with Gasteiger partial charge in [0.1, 0.15) is 0 Å². The molecule has 1 atom stereocenters. The van der Waals surface area contributed by atoms with Crippen LogP contribution in [0.4, 0.5) is 0 Å². The first-order valence-corrected chi connectivity index (χ1v) is 7.26. The van der Waals surface area contributed by atoms with Crippen LogP contribution in [0.1, 0.15) is 37.4 Å². The first-order valence-electron chi connectivity index (χ1n) is 6.88. The van der Waals surface area contributed by atoms with Gasteiger partial charge >= 0.3 is 0 Å². The minimum absolute atomic E-state index is 0.275. The molecule has 1 unspecified atom stereocenters. The zero-order valence-electron chi connectivity index (χ0n) is 12.0.